The van der Waals surface area contributed by atoms with Crippen LogP contribution in [0.1, 0.15) is 13.3 Å². The van der Waals surface area contributed by atoms with Gasteiger partial charge in [0.1, 0.15) is 24.4 Å². The number of aliphatic hydroxyl groups excluding tert-OH is 4. The highest BCUT2D eigenvalue weighted by molar-refractivity contribution is 5.94. The van der Waals surface area contributed by atoms with Crippen molar-refractivity contribution in [3.8, 4) is 0 Å². The lowest BCUT2D eigenvalue weighted by atomic mass is 9.63. The van der Waals surface area contributed by atoms with Crippen LogP contribution in [0.5, 0.6) is 0 Å². The highest BCUT2D eigenvalue weighted by Gasteiger charge is 2.70. The third-order valence-electron chi connectivity index (χ3n) is 5.55. The molecule has 13 N–H and O–H groups in total. The number of rotatable bonds is 10. The summed E-state index contributed by atoms with van der Waals surface area (Å²) in [5, 5.41) is 81.5. The Balaban J connectivity index is 3.95. The third kappa shape index (κ3) is 4.39. The van der Waals surface area contributed by atoms with E-state index in [9.17, 15) is 60.0 Å². The van der Waals surface area contributed by atoms with Crippen LogP contribution in [0.2, 0.25) is 0 Å². The molecule has 16 heteroatoms. The van der Waals surface area contributed by atoms with Crippen LogP contribution in [0.25, 0.3) is 0 Å². The minimum Gasteiger partial charge on any atom is -0.481 e. The Morgan fingerprint density at radius 1 is 1.06 bits per heavy atom. The molecule has 1 saturated heterocycles. The number of carboxylic acids is 3. The molecule has 0 spiro atoms. The first-order valence-corrected chi connectivity index (χ1v) is 9.06. The monoisotopic (exact) mass is 469 g/mol. The molecule has 0 radical (unpaired) electrons. The largest absolute Gasteiger partial charge is 0.481 e. The summed E-state index contributed by atoms with van der Waals surface area (Å²) in [6.07, 6.45) is -7.49. The predicted molar refractivity (Wildman–Crippen MR) is 98.5 cm³/mol. The SMILES string of the molecule is CC(=O)N[C@@H]1[C@@H](O)[C@H](O)[C@@H](CO)O[C@]1(O)C(CC(=O)O)[C@](N)(C(=O)O)[C@](N)(CO)C(=O)O. The Hall–Kier alpha value is -2.44. The Labute approximate surface area is 180 Å². The number of aliphatic hydroxyl groups is 5. The summed E-state index contributed by atoms with van der Waals surface area (Å²) in [4.78, 5) is 47.2. The molecular formula is C16H27N3O13. The summed E-state index contributed by atoms with van der Waals surface area (Å²) in [5.74, 6) is -13.2. The van der Waals surface area contributed by atoms with Crippen molar-refractivity contribution in [2.75, 3.05) is 13.2 Å². The molecule has 1 aliphatic rings. The second-order valence-corrected chi connectivity index (χ2v) is 7.51. The van der Waals surface area contributed by atoms with Gasteiger partial charge in [0.2, 0.25) is 5.91 Å². The number of ether oxygens (including phenoxy) is 1. The zero-order valence-corrected chi connectivity index (χ0v) is 16.8. The summed E-state index contributed by atoms with van der Waals surface area (Å²) in [7, 11) is 0. The standard InChI is InChI=1S/C16H27N3O13/c1-5(22)19-11-10(26)9(25)6(3-20)32-16(11,31)7(2-8(23)24)15(18,13(29)30)14(17,4-21)12(27)28/h6-7,9-11,20-21,25-26,31H,2-4,17-18H2,1H3,(H,19,22)(H,23,24)(H,27,28)(H,29,30)/t6-,7?,9-,10+,11-,14+,15+,16-/m1/s1. The van der Waals surface area contributed by atoms with E-state index in [0.717, 1.165) is 6.92 Å². The number of amides is 1. The smallest absolute Gasteiger partial charge is 0.328 e. The Morgan fingerprint density at radius 2 is 1.59 bits per heavy atom. The predicted octanol–water partition coefficient (Wildman–Crippen LogP) is -6.06. The van der Waals surface area contributed by atoms with E-state index in [1.165, 1.54) is 0 Å². The molecule has 1 fully saturated rings. The molecule has 16 nitrogen and oxygen atoms in total. The summed E-state index contributed by atoms with van der Waals surface area (Å²) < 4.78 is 5.14. The first-order valence-electron chi connectivity index (χ1n) is 9.06. The van der Waals surface area contributed by atoms with Crippen LogP contribution in [0, 0.1) is 5.92 Å². The lowest BCUT2D eigenvalue weighted by molar-refractivity contribution is -0.346. The van der Waals surface area contributed by atoms with Gasteiger partial charge in [0.05, 0.1) is 25.6 Å². The van der Waals surface area contributed by atoms with Gasteiger partial charge in [-0.05, 0) is 0 Å². The van der Waals surface area contributed by atoms with E-state index in [2.05, 4.69) is 0 Å². The van der Waals surface area contributed by atoms with Crippen LogP contribution in [0.15, 0.2) is 0 Å². The number of carboxylic acid groups (broad SMARTS) is 3. The molecule has 184 valence electrons. The fourth-order valence-electron chi connectivity index (χ4n) is 3.73. The van der Waals surface area contributed by atoms with Gasteiger partial charge < -0.3 is 62.4 Å². The van der Waals surface area contributed by atoms with E-state index in [0.29, 0.717) is 0 Å². The van der Waals surface area contributed by atoms with Crippen molar-refractivity contribution in [1.82, 2.24) is 5.32 Å². The van der Waals surface area contributed by atoms with E-state index in [-0.39, 0.29) is 0 Å². The van der Waals surface area contributed by atoms with Gasteiger partial charge in [0.25, 0.3) is 0 Å². The van der Waals surface area contributed by atoms with Gasteiger partial charge in [-0.3, -0.25) is 19.2 Å². The minimum atomic E-state index is -3.51. The van der Waals surface area contributed by atoms with E-state index in [1.54, 1.807) is 0 Å². The maximum Gasteiger partial charge on any atom is 0.328 e. The van der Waals surface area contributed by atoms with E-state index < -0.39 is 90.6 Å². The Bertz CT molecular complexity index is 765. The first-order chi connectivity index (χ1) is 14.5. The van der Waals surface area contributed by atoms with E-state index in [1.807, 2.05) is 5.32 Å². The molecule has 1 amide bonds. The number of hydrogen-bond donors (Lipinski definition) is 11. The summed E-state index contributed by atoms with van der Waals surface area (Å²) in [6, 6.07) is -2.18. The maximum absolute atomic E-state index is 12.2. The summed E-state index contributed by atoms with van der Waals surface area (Å²) in [6.45, 7) is -1.86. The van der Waals surface area contributed by atoms with Crippen LogP contribution < -0.4 is 16.8 Å². The molecule has 0 aromatic carbocycles. The van der Waals surface area contributed by atoms with Crippen molar-refractivity contribution in [1.29, 1.82) is 0 Å². The average molecular weight is 469 g/mol. The molecule has 0 saturated carbocycles. The van der Waals surface area contributed by atoms with Gasteiger partial charge in [-0.25, -0.2) is 0 Å². The fourth-order valence-corrected chi connectivity index (χ4v) is 3.73. The van der Waals surface area contributed by atoms with Crippen LogP contribution in [0.3, 0.4) is 0 Å². The number of hydrogen-bond acceptors (Lipinski definition) is 12. The maximum atomic E-state index is 12.2. The molecule has 0 aromatic heterocycles. The number of nitrogens with two attached hydrogens (primary N) is 2. The topological polar surface area (TPSA) is 303 Å². The number of carbonyl (C=O) groups is 4. The number of carbonyl (C=O) groups excluding carboxylic acids is 1. The zero-order chi connectivity index (χ0) is 25.2. The highest BCUT2D eigenvalue weighted by Crippen LogP contribution is 2.43. The van der Waals surface area contributed by atoms with Crippen molar-refractivity contribution in [2.45, 2.75) is 54.6 Å². The van der Waals surface area contributed by atoms with Crippen molar-refractivity contribution in [3.05, 3.63) is 0 Å². The van der Waals surface area contributed by atoms with Crippen molar-refractivity contribution >= 4 is 23.8 Å². The molecule has 1 unspecified atom stereocenters. The quantitative estimate of drug-likeness (QED) is 0.142. The van der Waals surface area contributed by atoms with Crippen molar-refractivity contribution in [2.24, 2.45) is 17.4 Å². The van der Waals surface area contributed by atoms with Crippen LogP contribution in [-0.4, -0.2) is 119 Å². The molecular weight excluding hydrogens is 442 g/mol. The average Bonchev–Trinajstić information content (AvgIpc) is 2.70. The number of nitrogens with one attached hydrogen (secondary N) is 1. The van der Waals surface area contributed by atoms with E-state index in [4.69, 9.17) is 16.2 Å². The fraction of sp³-hybridized carbons (Fsp3) is 0.750. The molecule has 1 rings (SSSR count). The lowest BCUT2D eigenvalue weighted by Gasteiger charge is -2.55. The minimum absolute atomic E-state index is 0.884. The van der Waals surface area contributed by atoms with Gasteiger partial charge in [-0.2, -0.15) is 0 Å². The van der Waals surface area contributed by atoms with Crippen molar-refractivity contribution in [3.63, 3.8) is 0 Å². The van der Waals surface area contributed by atoms with Crippen LogP contribution in [0.4, 0.5) is 0 Å². The van der Waals surface area contributed by atoms with Crippen molar-refractivity contribution < 1.29 is 64.8 Å². The molecule has 32 heavy (non-hydrogen) atoms. The Morgan fingerprint density at radius 3 is 1.94 bits per heavy atom. The summed E-state index contributed by atoms with van der Waals surface area (Å²) >= 11 is 0. The summed E-state index contributed by atoms with van der Waals surface area (Å²) in [5.41, 5.74) is 4.55. The van der Waals surface area contributed by atoms with Crippen LogP contribution in [-0.2, 0) is 23.9 Å². The van der Waals surface area contributed by atoms with Gasteiger partial charge in [0, 0.05) is 6.92 Å². The van der Waals surface area contributed by atoms with Crippen LogP contribution >= 0.6 is 0 Å². The molecule has 0 aromatic rings. The van der Waals surface area contributed by atoms with Gasteiger partial charge in [0.15, 0.2) is 16.9 Å². The second-order valence-electron chi connectivity index (χ2n) is 7.51. The first kappa shape index (κ1) is 27.6. The molecule has 0 bridgehead atoms. The second kappa shape index (κ2) is 9.59. The number of aliphatic carboxylic acids is 3. The zero-order valence-electron chi connectivity index (χ0n) is 16.8. The lowest BCUT2D eigenvalue weighted by Crippen LogP contribution is -2.84. The Kier molecular flexibility index (Phi) is 8.27. The van der Waals surface area contributed by atoms with Gasteiger partial charge in [-0.1, -0.05) is 0 Å². The highest BCUT2D eigenvalue weighted by atomic mass is 16.7. The van der Waals surface area contributed by atoms with Gasteiger partial charge >= 0.3 is 17.9 Å². The molecule has 1 aliphatic heterocycles. The molecule has 0 aliphatic carbocycles. The van der Waals surface area contributed by atoms with Gasteiger partial charge in [-0.15, -0.1) is 0 Å². The molecule has 8 atom stereocenters. The third-order valence-corrected chi connectivity index (χ3v) is 5.55. The van der Waals surface area contributed by atoms with E-state index >= 15 is 0 Å². The normalized spacial score (nSPS) is 32.8. The molecule has 1 heterocycles.